The lowest BCUT2D eigenvalue weighted by Gasteiger charge is -2.07. The summed E-state index contributed by atoms with van der Waals surface area (Å²) in [5.41, 5.74) is 2.65. The molecule has 5 heteroatoms. The average Bonchev–Trinajstić information content (AvgIpc) is 2.96. The van der Waals surface area contributed by atoms with Crippen molar-refractivity contribution in [3.05, 3.63) is 77.5 Å². The summed E-state index contributed by atoms with van der Waals surface area (Å²) in [6.07, 6.45) is 4.24. The van der Waals surface area contributed by atoms with Crippen molar-refractivity contribution in [2.24, 2.45) is 0 Å². The number of carbonyl (C=O) groups excluding carboxylic acids is 2. The molecular formula is C20H20N2O3. The molecule has 0 bridgehead atoms. The summed E-state index contributed by atoms with van der Waals surface area (Å²) in [6.45, 7) is 0.671. The molecule has 128 valence electrons. The van der Waals surface area contributed by atoms with Crippen LogP contribution in [0.4, 0.5) is 4.79 Å². The highest BCUT2D eigenvalue weighted by molar-refractivity contribution is 6.11. The average molecular weight is 336 g/mol. The van der Waals surface area contributed by atoms with Crippen molar-refractivity contribution < 1.29 is 14.3 Å². The second-order valence-electron chi connectivity index (χ2n) is 5.81. The number of hydrogen-bond donors (Lipinski definition) is 2. The number of ether oxygens (including phenoxy) is 1. The molecule has 1 saturated heterocycles. The zero-order chi connectivity index (χ0) is 17.5. The van der Waals surface area contributed by atoms with E-state index in [1.165, 1.54) is 5.56 Å². The SMILES string of the molecule is O=C1NC(=O)C(=CCc2ccc(OCCCc3ccccc3)cc2)N1. The normalized spacial score (nSPS) is 15.1. The van der Waals surface area contributed by atoms with Crippen molar-refractivity contribution in [3.63, 3.8) is 0 Å². The Kier molecular flexibility index (Phi) is 5.46. The van der Waals surface area contributed by atoms with Crippen molar-refractivity contribution >= 4 is 11.9 Å². The van der Waals surface area contributed by atoms with Gasteiger partial charge in [-0.1, -0.05) is 48.5 Å². The molecule has 3 rings (SSSR count). The Morgan fingerprint density at radius 1 is 0.880 bits per heavy atom. The first-order valence-corrected chi connectivity index (χ1v) is 8.29. The third-order valence-corrected chi connectivity index (χ3v) is 3.91. The van der Waals surface area contributed by atoms with E-state index < -0.39 is 6.03 Å². The minimum absolute atomic E-state index is 0.297. The monoisotopic (exact) mass is 336 g/mol. The lowest BCUT2D eigenvalue weighted by molar-refractivity contribution is -0.115. The fraction of sp³-hybridized carbons (Fsp3) is 0.200. The van der Waals surface area contributed by atoms with Gasteiger partial charge in [0.2, 0.25) is 0 Å². The maximum absolute atomic E-state index is 11.4. The van der Waals surface area contributed by atoms with Crippen molar-refractivity contribution in [2.45, 2.75) is 19.3 Å². The van der Waals surface area contributed by atoms with E-state index in [-0.39, 0.29) is 5.91 Å². The van der Waals surface area contributed by atoms with Crippen LogP contribution in [0.2, 0.25) is 0 Å². The van der Waals surface area contributed by atoms with Gasteiger partial charge < -0.3 is 10.1 Å². The van der Waals surface area contributed by atoms with Crippen LogP contribution in [0.1, 0.15) is 17.5 Å². The molecule has 0 atom stereocenters. The summed E-state index contributed by atoms with van der Waals surface area (Å²) in [7, 11) is 0. The van der Waals surface area contributed by atoms with Crippen molar-refractivity contribution in [1.29, 1.82) is 0 Å². The smallest absolute Gasteiger partial charge is 0.326 e. The van der Waals surface area contributed by atoms with Gasteiger partial charge in [0.15, 0.2) is 0 Å². The number of carbonyl (C=O) groups is 2. The van der Waals surface area contributed by atoms with Gasteiger partial charge in [-0.15, -0.1) is 0 Å². The Labute approximate surface area is 146 Å². The maximum atomic E-state index is 11.4. The summed E-state index contributed by atoms with van der Waals surface area (Å²) in [6, 6.07) is 17.6. The van der Waals surface area contributed by atoms with Crippen LogP contribution >= 0.6 is 0 Å². The molecule has 1 aliphatic rings. The van der Waals surface area contributed by atoms with Gasteiger partial charge in [0, 0.05) is 0 Å². The van der Waals surface area contributed by atoms with Gasteiger partial charge in [0.05, 0.1) is 6.61 Å². The molecule has 2 N–H and O–H groups in total. The van der Waals surface area contributed by atoms with E-state index in [0.29, 0.717) is 18.7 Å². The lowest BCUT2D eigenvalue weighted by atomic mass is 10.1. The van der Waals surface area contributed by atoms with Crippen LogP contribution in [0.3, 0.4) is 0 Å². The second-order valence-corrected chi connectivity index (χ2v) is 5.81. The molecule has 0 saturated carbocycles. The highest BCUT2D eigenvalue weighted by atomic mass is 16.5. The zero-order valence-corrected chi connectivity index (χ0v) is 13.8. The van der Waals surface area contributed by atoms with Crippen molar-refractivity contribution in [2.75, 3.05) is 6.61 Å². The van der Waals surface area contributed by atoms with Gasteiger partial charge in [0.1, 0.15) is 11.4 Å². The predicted molar refractivity (Wildman–Crippen MR) is 95.2 cm³/mol. The molecule has 0 spiro atoms. The van der Waals surface area contributed by atoms with E-state index in [9.17, 15) is 9.59 Å². The molecule has 2 aromatic carbocycles. The molecule has 2 aromatic rings. The number of aryl methyl sites for hydroxylation is 1. The Balaban J connectivity index is 1.43. The summed E-state index contributed by atoms with van der Waals surface area (Å²) < 4.78 is 5.76. The largest absolute Gasteiger partial charge is 0.494 e. The van der Waals surface area contributed by atoms with Crippen LogP contribution < -0.4 is 15.4 Å². The Morgan fingerprint density at radius 2 is 1.64 bits per heavy atom. The van der Waals surface area contributed by atoms with Crippen molar-refractivity contribution in [3.8, 4) is 5.75 Å². The maximum Gasteiger partial charge on any atom is 0.326 e. The fourth-order valence-electron chi connectivity index (χ4n) is 2.58. The van der Waals surface area contributed by atoms with E-state index in [0.717, 1.165) is 24.2 Å². The first-order chi connectivity index (χ1) is 12.2. The highest BCUT2D eigenvalue weighted by Gasteiger charge is 2.22. The van der Waals surface area contributed by atoms with Gasteiger partial charge in [-0.3, -0.25) is 10.1 Å². The molecule has 0 radical (unpaired) electrons. The predicted octanol–water partition coefficient (Wildman–Crippen LogP) is 2.96. The molecule has 0 aliphatic carbocycles. The van der Waals surface area contributed by atoms with E-state index in [4.69, 9.17) is 4.74 Å². The first-order valence-electron chi connectivity index (χ1n) is 8.29. The summed E-state index contributed by atoms with van der Waals surface area (Å²) in [5.74, 6) is 0.444. The van der Waals surface area contributed by atoms with Gasteiger partial charge in [0.25, 0.3) is 5.91 Å². The van der Waals surface area contributed by atoms with Gasteiger partial charge >= 0.3 is 6.03 Å². The second kappa shape index (κ2) is 8.15. The minimum Gasteiger partial charge on any atom is -0.494 e. The van der Waals surface area contributed by atoms with E-state index >= 15 is 0 Å². The van der Waals surface area contributed by atoms with Crippen LogP contribution in [0, 0.1) is 0 Å². The number of nitrogens with one attached hydrogen (secondary N) is 2. The van der Waals surface area contributed by atoms with E-state index in [1.807, 2.05) is 42.5 Å². The van der Waals surface area contributed by atoms with Gasteiger partial charge in [-0.2, -0.15) is 0 Å². The highest BCUT2D eigenvalue weighted by Crippen LogP contribution is 2.14. The fourth-order valence-corrected chi connectivity index (χ4v) is 2.58. The number of rotatable bonds is 7. The molecule has 1 aliphatic heterocycles. The molecule has 1 heterocycles. The van der Waals surface area contributed by atoms with E-state index in [1.54, 1.807) is 6.08 Å². The van der Waals surface area contributed by atoms with Crippen LogP contribution in [0.25, 0.3) is 0 Å². The Hall–Kier alpha value is -3.08. The molecule has 3 amide bonds. The number of amides is 3. The summed E-state index contributed by atoms with van der Waals surface area (Å²) in [4.78, 5) is 22.5. The number of imide groups is 1. The van der Waals surface area contributed by atoms with E-state index in [2.05, 4.69) is 22.8 Å². The van der Waals surface area contributed by atoms with Gasteiger partial charge in [-0.25, -0.2) is 4.79 Å². The number of hydrogen-bond acceptors (Lipinski definition) is 3. The third-order valence-electron chi connectivity index (χ3n) is 3.91. The van der Waals surface area contributed by atoms with Crippen molar-refractivity contribution in [1.82, 2.24) is 10.6 Å². The van der Waals surface area contributed by atoms with Crippen LogP contribution in [-0.2, 0) is 17.6 Å². The molecule has 5 nitrogen and oxygen atoms in total. The molecular weight excluding hydrogens is 316 g/mol. The quantitative estimate of drug-likeness (QED) is 0.464. The molecule has 1 fully saturated rings. The van der Waals surface area contributed by atoms with Crippen LogP contribution in [-0.4, -0.2) is 18.5 Å². The number of urea groups is 1. The summed E-state index contributed by atoms with van der Waals surface area (Å²) in [5, 5.41) is 4.65. The number of benzene rings is 2. The van der Waals surface area contributed by atoms with Crippen LogP contribution in [0.5, 0.6) is 5.75 Å². The Bertz CT molecular complexity index is 767. The lowest BCUT2D eigenvalue weighted by Crippen LogP contribution is -2.22. The topological polar surface area (TPSA) is 67.4 Å². The number of allylic oxidation sites excluding steroid dienone is 1. The van der Waals surface area contributed by atoms with Crippen LogP contribution in [0.15, 0.2) is 66.4 Å². The van der Waals surface area contributed by atoms with Gasteiger partial charge in [-0.05, 0) is 42.5 Å². The Morgan fingerprint density at radius 3 is 2.32 bits per heavy atom. The first kappa shape index (κ1) is 16.8. The summed E-state index contributed by atoms with van der Waals surface area (Å²) >= 11 is 0. The molecule has 25 heavy (non-hydrogen) atoms. The minimum atomic E-state index is -0.476. The zero-order valence-electron chi connectivity index (χ0n) is 13.8. The molecule has 0 unspecified atom stereocenters. The molecule has 0 aromatic heterocycles. The third kappa shape index (κ3) is 4.94. The standard InChI is InChI=1S/C20H20N2O3/c23-19-18(21-20(24)22-19)13-10-16-8-11-17(12-9-16)25-14-4-7-15-5-2-1-3-6-15/h1-3,5-6,8-9,11-13H,4,7,10,14H2,(H2,21,22,23,24).